The number of amides is 2. The van der Waals surface area contributed by atoms with E-state index in [0.717, 1.165) is 40.7 Å². The average molecular weight is 511 g/mol. The van der Waals surface area contributed by atoms with Gasteiger partial charge in [-0.15, -0.1) is 0 Å². The van der Waals surface area contributed by atoms with Crippen molar-refractivity contribution in [2.24, 2.45) is 0 Å². The van der Waals surface area contributed by atoms with Gasteiger partial charge in [-0.25, -0.2) is 9.67 Å². The number of anilines is 1. The van der Waals surface area contributed by atoms with Gasteiger partial charge in [0.2, 0.25) is 5.91 Å². The van der Waals surface area contributed by atoms with E-state index in [2.05, 4.69) is 45.0 Å². The van der Waals surface area contributed by atoms with E-state index in [4.69, 9.17) is 0 Å². The van der Waals surface area contributed by atoms with E-state index in [-0.39, 0.29) is 23.8 Å². The summed E-state index contributed by atoms with van der Waals surface area (Å²) >= 11 is 0. The number of likely N-dealkylation sites (tertiary alicyclic amines) is 1. The number of fused-ring (bicyclic) bond motifs is 1. The number of carbonyl (C=O) groups is 2. The van der Waals surface area contributed by atoms with Gasteiger partial charge in [-0.1, -0.05) is 60.7 Å². The number of nitrogens with one attached hydrogen (secondary N) is 2. The van der Waals surface area contributed by atoms with E-state index >= 15 is 0 Å². The van der Waals surface area contributed by atoms with Crippen molar-refractivity contribution in [2.45, 2.75) is 45.2 Å². The smallest absolute Gasteiger partial charge is 0.255 e. The van der Waals surface area contributed by atoms with Crippen LogP contribution in [0.3, 0.4) is 0 Å². The highest BCUT2D eigenvalue weighted by molar-refractivity contribution is 6.06. The number of carbonyl (C=O) groups excluding carboxylic acids is 2. The first-order valence-electron chi connectivity index (χ1n) is 13.3. The molecule has 2 N–H and O–H groups in total. The molecular formula is C30H34N6O2. The summed E-state index contributed by atoms with van der Waals surface area (Å²) in [5.74, 6) is -0.0530. The summed E-state index contributed by atoms with van der Waals surface area (Å²) in [6.45, 7) is 6.18. The fourth-order valence-electron chi connectivity index (χ4n) is 5.22. The Morgan fingerprint density at radius 3 is 2.18 bits per heavy atom. The van der Waals surface area contributed by atoms with Gasteiger partial charge in [0, 0.05) is 51.3 Å². The molecule has 3 heterocycles. The van der Waals surface area contributed by atoms with Gasteiger partial charge in [0.15, 0.2) is 5.65 Å². The largest absolute Gasteiger partial charge is 0.381 e. The first kappa shape index (κ1) is 25.4. The second kappa shape index (κ2) is 11.5. The second-order valence-corrected chi connectivity index (χ2v) is 9.75. The molecule has 1 aliphatic rings. The van der Waals surface area contributed by atoms with Crippen LogP contribution in [0.5, 0.6) is 0 Å². The SMILES string of the molecule is CCn1ncc2c(NC3CCN(C(C)=O)CC3)c(C(=O)NCC(c3ccccc3)c3ccccc3)cnc21. The lowest BCUT2D eigenvalue weighted by molar-refractivity contribution is -0.129. The zero-order valence-corrected chi connectivity index (χ0v) is 21.9. The first-order valence-corrected chi connectivity index (χ1v) is 13.3. The normalized spacial score (nSPS) is 14.1. The highest BCUT2D eigenvalue weighted by atomic mass is 16.2. The van der Waals surface area contributed by atoms with Crippen LogP contribution in [0.1, 0.15) is 54.1 Å². The zero-order valence-electron chi connectivity index (χ0n) is 21.9. The van der Waals surface area contributed by atoms with Gasteiger partial charge in [0.05, 0.1) is 22.8 Å². The van der Waals surface area contributed by atoms with Crippen LogP contribution in [0.4, 0.5) is 5.69 Å². The maximum atomic E-state index is 13.7. The number of benzene rings is 2. The zero-order chi connectivity index (χ0) is 26.5. The minimum atomic E-state index is -0.177. The molecule has 0 unspecified atom stereocenters. The second-order valence-electron chi connectivity index (χ2n) is 9.75. The van der Waals surface area contributed by atoms with E-state index in [1.807, 2.05) is 52.9 Å². The van der Waals surface area contributed by atoms with Gasteiger partial charge >= 0.3 is 0 Å². The van der Waals surface area contributed by atoms with Gasteiger partial charge in [-0.3, -0.25) is 9.59 Å². The molecule has 0 bridgehead atoms. The molecular weight excluding hydrogens is 476 g/mol. The van der Waals surface area contributed by atoms with Crippen LogP contribution in [-0.4, -0.2) is 57.2 Å². The molecule has 1 saturated heterocycles. The average Bonchev–Trinajstić information content (AvgIpc) is 3.38. The quantitative estimate of drug-likeness (QED) is 0.366. The lowest BCUT2D eigenvalue weighted by Crippen LogP contribution is -2.41. The molecule has 2 aromatic heterocycles. The minimum Gasteiger partial charge on any atom is -0.381 e. The molecule has 0 spiro atoms. The van der Waals surface area contributed by atoms with Crippen molar-refractivity contribution in [3.63, 3.8) is 0 Å². The van der Waals surface area contributed by atoms with Crippen molar-refractivity contribution in [2.75, 3.05) is 25.0 Å². The Morgan fingerprint density at radius 2 is 1.61 bits per heavy atom. The number of piperidine rings is 1. The molecule has 2 aromatic carbocycles. The number of hydrogen-bond donors (Lipinski definition) is 2. The molecule has 4 aromatic rings. The Morgan fingerprint density at radius 1 is 0.974 bits per heavy atom. The summed E-state index contributed by atoms with van der Waals surface area (Å²) in [7, 11) is 0. The highest BCUT2D eigenvalue weighted by Gasteiger charge is 2.25. The molecule has 0 atom stereocenters. The molecule has 2 amide bonds. The molecule has 196 valence electrons. The molecule has 0 saturated carbocycles. The molecule has 38 heavy (non-hydrogen) atoms. The molecule has 5 rings (SSSR count). The van der Waals surface area contributed by atoms with Gasteiger partial charge in [0.25, 0.3) is 5.91 Å². The molecule has 8 nitrogen and oxygen atoms in total. The third kappa shape index (κ3) is 5.39. The van der Waals surface area contributed by atoms with Gasteiger partial charge < -0.3 is 15.5 Å². The summed E-state index contributed by atoms with van der Waals surface area (Å²) in [5.41, 5.74) is 4.30. The van der Waals surface area contributed by atoms with Crippen LogP contribution in [0, 0.1) is 0 Å². The minimum absolute atomic E-state index is 0.0215. The maximum absolute atomic E-state index is 13.7. The Bertz CT molecular complexity index is 1360. The highest BCUT2D eigenvalue weighted by Crippen LogP contribution is 2.29. The summed E-state index contributed by atoms with van der Waals surface area (Å²) in [5, 5.41) is 12.1. The third-order valence-corrected chi connectivity index (χ3v) is 7.37. The van der Waals surface area contributed by atoms with Gasteiger partial charge in [0.1, 0.15) is 0 Å². The van der Waals surface area contributed by atoms with E-state index in [1.54, 1.807) is 19.3 Å². The van der Waals surface area contributed by atoms with Gasteiger partial charge in [-0.2, -0.15) is 5.10 Å². The molecule has 1 fully saturated rings. The standard InChI is InChI=1S/C30H34N6O2/c1-3-36-29-26(20-33-36)28(34-24-14-16-35(17-15-24)21(2)37)27(19-31-29)30(38)32-18-25(22-10-6-4-7-11-22)23-12-8-5-9-13-23/h4-13,19-20,24-25H,3,14-18H2,1-2H3,(H,31,34)(H,32,38). The maximum Gasteiger partial charge on any atom is 0.255 e. The Labute approximate surface area is 223 Å². The predicted molar refractivity (Wildman–Crippen MR) is 149 cm³/mol. The fraction of sp³-hybridized carbons (Fsp3) is 0.333. The van der Waals surface area contributed by atoms with Crippen molar-refractivity contribution in [1.29, 1.82) is 0 Å². The lowest BCUT2D eigenvalue weighted by Gasteiger charge is -2.32. The van der Waals surface area contributed by atoms with Crippen LogP contribution in [0.25, 0.3) is 11.0 Å². The lowest BCUT2D eigenvalue weighted by atomic mass is 9.91. The monoisotopic (exact) mass is 510 g/mol. The van der Waals surface area contributed by atoms with Gasteiger partial charge in [-0.05, 0) is 30.9 Å². The van der Waals surface area contributed by atoms with Crippen molar-refractivity contribution >= 4 is 28.5 Å². The molecule has 0 aliphatic carbocycles. The molecule has 8 heteroatoms. The van der Waals surface area contributed by atoms with Crippen LogP contribution >= 0.6 is 0 Å². The number of hydrogen-bond acceptors (Lipinski definition) is 5. The number of rotatable bonds is 8. The number of pyridine rings is 1. The predicted octanol–water partition coefficient (Wildman–Crippen LogP) is 4.44. The van der Waals surface area contributed by atoms with E-state index in [9.17, 15) is 9.59 Å². The summed E-state index contributed by atoms with van der Waals surface area (Å²) in [6.07, 6.45) is 5.07. The Balaban J connectivity index is 1.41. The van der Waals surface area contributed by atoms with E-state index < -0.39 is 0 Å². The molecule has 1 aliphatic heterocycles. The topological polar surface area (TPSA) is 92.2 Å². The Kier molecular flexibility index (Phi) is 7.67. The Hall–Kier alpha value is -4.20. The van der Waals surface area contributed by atoms with Crippen molar-refractivity contribution in [3.8, 4) is 0 Å². The van der Waals surface area contributed by atoms with Crippen molar-refractivity contribution in [3.05, 3.63) is 89.7 Å². The first-order chi connectivity index (χ1) is 18.5. The molecule has 0 radical (unpaired) electrons. The summed E-state index contributed by atoms with van der Waals surface area (Å²) in [6, 6.07) is 20.6. The van der Waals surface area contributed by atoms with Crippen LogP contribution in [0.15, 0.2) is 73.1 Å². The fourth-order valence-corrected chi connectivity index (χ4v) is 5.22. The number of aromatic nitrogens is 3. The number of aryl methyl sites for hydroxylation is 1. The summed E-state index contributed by atoms with van der Waals surface area (Å²) in [4.78, 5) is 31.9. The van der Waals surface area contributed by atoms with Crippen LogP contribution < -0.4 is 10.6 Å². The van der Waals surface area contributed by atoms with Crippen LogP contribution in [0.2, 0.25) is 0 Å². The summed E-state index contributed by atoms with van der Waals surface area (Å²) < 4.78 is 1.83. The van der Waals surface area contributed by atoms with Crippen molar-refractivity contribution < 1.29 is 9.59 Å². The third-order valence-electron chi connectivity index (χ3n) is 7.37. The van der Waals surface area contributed by atoms with Crippen molar-refractivity contribution in [1.82, 2.24) is 25.0 Å². The van der Waals surface area contributed by atoms with Crippen LogP contribution in [-0.2, 0) is 11.3 Å². The number of nitrogens with zero attached hydrogens (tertiary/aromatic N) is 4. The van der Waals surface area contributed by atoms with E-state index in [1.165, 1.54) is 0 Å². The van der Waals surface area contributed by atoms with E-state index in [0.29, 0.717) is 31.7 Å².